The van der Waals surface area contributed by atoms with E-state index in [9.17, 15) is 0 Å². The summed E-state index contributed by atoms with van der Waals surface area (Å²) in [7, 11) is 0. The predicted molar refractivity (Wildman–Crippen MR) is 60.4 cm³/mol. The maximum atomic E-state index is 5.81. The van der Waals surface area contributed by atoms with Gasteiger partial charge in [-0.15, -0.1) is 0 Å². The fourth-order valence-corrected chi connectivity index (χ4v) is 1.60. The number of pyridine rings is 1. The van der Waals surface area contributed by atoms with Crippen molar-refractivity contribution in [1.29, 1.82) is 0 Å². The highest BCUT2D eigenvalue weighted by molar-refractivity contribution is 5.86. The van der Waals surface area contributed by atoms with Gasteiger partial charge in [0.25, 0.3) is 0 Å². The smallest absolute Gasteiger partial charge is 0.0709 e. The van der Waals surface area contributed by atoms with Crippen LogP contribution in [0.5, 0.6) is 0 Å². The summed E-state index contributed by atoms with van der Waals surface area (Å²) in [6.45, 7) is 6.24. The Morgan fingerprint density at radius 1 is 1.07 bits per heavy atom. The lowest BCUT2D eigenvalue weighted by atomic mass is 10.0. The van der Waals surface area contributed by atoms with Crippen LogP contribution in [0.2, 0.25) is 0 Å². The van der Waals surface area contributed by atoms with Gasteiger partial charge in [-0.2, -0.15) is 0 Å². The standard InChI is InChI=1S/C12H14N2/c1-7-4-10-9(3)11(13)6-14-12(10)5-8(7)2/h4-6H,13H2,1-3H3. The molecule has 0 saturated carbocycles. The fraction of sp³-hybridized carbons (Fsp3) is 0.250. The SMILES string of the molecule is Cc1cc2ncc(N)c(C)c2cc1C. The minimum Gasteiger partial charge on any atom is -0.397 e. The quantitative estimate of drug-likeness (QED) is 0.687. The number of nitrogens with two attached hydrogens (primary N) is 1. The summed E-state index contributed by atoms with van der Waals surface area (Å²) in [5, 5.41) is 1.16. The summed E-state index contributed by atoms with van der Waals surface area (Å²) in [4.78, 5) is 4.32. The summed E-state index contributed by atoms with van der Waals surface area (Å²) in [6, 6.07) is 4.26. The molecule has 2 heteroatoms. The molecule has 2 aromatic rings. The maximum Gasteiger partial charge on any atom is 0.0709 e. The largest absolute Gasteiger partial charge is 0.397 e. The first kappa shape index (κ1) is 9.00. The minimum atomic E-state index is 0.765. The molecule has 0 spiro atoms. The van der Waals surface area contributed by atoms with Crippen LogP contribution in [0.3, 0.4) is 0 Å². The second-order valence-electron chi connectivity index (χ2n) is 3.79. The van der Waals surface area contributed by atoms with Crippen molar-refractivity contribution in [3.05, 3.63) is 35.0 Å². The zero-order valence-corrected chi connectivity index (χ0v) is 8.76. The van der Waals surface area contributed by atoms with E-state index in [0.717, 1.165) is 22.2 Å². The number of fused-ring (bicyclic) bond motifs is 1. The Balaban J connectivity index is 2.89. The van der Waals surface area contributed by atoms with Gasteiger partial charge in [-0.05, 0) is 49.6 Å². The van der Waals surface area contributed by atoms with Crippen molar-refractivity contribution in [2.75, 3.05) is 5.73 Å². The van der Waals surface area contributed by atoms with E-state index in [0.29, 0.717) is 0 Å². The van der Waals surface area contributed by atoms with Gasteiger partial charge < -0.3 is 5.73 Å². The van der Waals surface area contributed by atoms with E-state index in [1.165, 1.54) is 11.1 Å². The van der Waals surface area contributed by atoms with Gasteiger partial charge in [-0.25, -0.2) is 0 Å². The topological polar surface area (TPSA) is 38.9 Å². The Hall–Kier alpha value is -1.57. The minimum absolute atomic E-state index is 0.765. The number of hydrogen-bond donors (Lipinski definition) is 1. The molecule has 1 aromatic heterocycles. The van der Waals surface area contributed by atoms with Crippen LogP contribution in [-0.4, -0.2) is 4.98 Å². The third-order valence-electron chi connectivity index (χ3n) is 2.79. The van der Waals surface area contributed by atoms with Crippen LogP contribution in [0.15, 0.2) is 18.3 Å². The van der Waals surface area contributed by atoms with Gasteiger partial charge in [-0.3, -0.25) is 4.98 Å². The molecule has 0 aliphatic rings. The number of rotatable bonds is 0. The van der Waals surface area contributed by atoms with E-state index in [1.807, 2.05) is 6.92 Å². The van der Waals surface area contributed by atoms with Crippen molar-refractivity contribution in [3.63, 3.8) is 0 Å². The number of nitrogen functional groups attached to an aromatic ring is 1. The normalized spacial score (nSPS) is 10.8. The zero-order chi connectivity index (χ0) is 10.3. The molecule has 0 saturated heterocycles. The first-order valence-corrected chi connectivity index (χ1v) is 4.71. The number of aryl methyl sites for hydroxylation is 3. The van der Waals surface area contributed by atoms with Gasteiger partial charge in [0, 0.05) is 5.39 Å². The van der Waals surface area contributed by atoms with Crippen molar-refractivity contribution in [3.8, 4) is 0 Å². The molecular weight excluding hydrogens is 172 g/mol. The summed E-state index contributed by atoms with van der Waals surface area (Å²) < 4.78 is 0. The molecule has 72 valence electrons. The lowest BCUT2D eigenvalue weighted by molar-refractivity contribution is 1.31. The Morgan fingerprint density at radius 3 is 2.43 bits per heavy atom. The Morgan fingerprint density at radius 2 is 1.71 bits per heavy atom. The average Bonchev–Trinajstić information content (AvgIpc) is 2.15. The Bertz CT molecular complexity index is 501. The van der Waals surface area contributed by atoms with Gasteiger partial charge in [0.05, 0.1) is 17.4 Å². The fourth-order valence-electron chi connectivity index (χ4n) is 1.60. The highest BCUT2D eigenvalue weighted by Crippen LogP contribution is 2.23. The van der Waals surface area contributed by atoms with Crippen LogP contribution in [0.25, 0.3) is 10.9 Å². The van der Waals surface area contributed by atoms with Crippen LogP contribution in [0, 0.1) is 20.8 Å². The highest BCUT2D eigenvalue weighted by atomic mass is 14.7. The first-order valence-electron chi connectivity index (χ1n) is 4.71. The molecule has 0 unspecified atom stereocenters. The Labute approximate surface area is 83.8 Å². The van der Waals surface area contributed by atoms with E-state index >= 15 is 0 Å². The maximum absolute atomic E-state index is 5.81. The van der Waals surface area contributed by atoms with Crippen LogP contribution < -0.4 is 5.73 Å². The molecule has 0 amide bonds. The number of hydrogen-bond acceptors (Lipinski definition) is 2. The highest BCUT2D eigenvalue weighted by Gasteiger charge is 2.03. The molecule has 0 atom stereocenters. The Kier molecular flexibility index (Phi) is 1.92. The van der Waals surface area contributed by atoms with Crippen molar-refractivity contribution < 1.29 is 0 Å². The zero-order valence-electron chi connectivity index (χ0n) is 8.76. The molecule has 0 fully saturated rings. The summed E-state index contributed by atoms with van der Waals surface area (Å²) in [6.07, 6.45) is 1.73. The predicted octanol–water partition coefficient (Wildman–Crippen LogP) is 2.74. The van der Waals surface area contributed by atoms with Gasteiger partial charge in [-0.1, -0.05) is 0 Å². The number of nitrogens with zero attached hydrogens (tertiary/aromatic N) is 1. The molecule has 0 bridgehead atoms. The molecular formula is C12H14N2. The number of aromatic nitrogens is 1. The third-order valence-corrected chi connectivity index (χ3v) is 2.79. The van der Waals surface area contributed by atoms with Crippen molar-refractivity contribution in [2.45, 2.75) is 20.8 Å². The van der Waals surface area contributed by atoms with E-state index < -0.39 is 0 Å². The monoisotopic (exact) mass is 186 g/mol. The van der Waals surface area contributed by atoms with Crippen molar-refractivity contribution >= 4 is 16.6 Å². The summed E-state index contributed by atoms with van der Waals surface area (Å²) in [5.74, 6) is 0. The number of benzene rings is 1. The van der Waals surface area contributed by atoms with Crippen LogP contribution in [-0.2, 0) is 0 Å². The number of anilines is 1. The summed E-state index contributed by atoms with van der Waals surface area (Å²) >= 11 is 0. The molecule has 2 nitrogen and oxygen atoms in total. The second-order valence-corrected chi connectivity index (χ2v) is 3.79. The van der Waals surface area contributed by atoms with Gasteiger partial charge >= 0.3 is 0 Å². The van der Waals surface area contributed by atoms with E-state index in [2.05, 4.69) is 31.0 Å². The van der Waals surface area contributed by atoms with E-state index in [-0.39, 0.29) is 0 Å². The third kappa shape index (κ3) is 1.23. The van der Waals surface area contributed by atoms with E-state index in [1.54, 1.807) is 6.20 Å². The van der Waals surface area contributed by atoms with Crippen molar-refractivity contribution in [2.24, 2.45) is 0 Å². The molecule has 0 aliphatic heterocycles. The average molecular weight is 186 g/mol. The second kappa shape index (κ2) is 2.98. The van der Waals surface area contributed by atoms with Gasteiger partial charge in [0.15, 0.2) is 0 Å². The van der Waals surface area contributed by atoms with Crippen LogP contribution in [0.1, 0.15) is 16.7 Å². The lowest BCUT2D eigenvalue weighted by Crippen LogP contribution is -1.94. The molecule has 14 heavy (non-hydrogen) atoms. The summed E-state index contributed by atoms with van der Waals surface area (Å²) in [5.41, 5.74) is 11.3. The molecule has 1 aromatic carbocycles. The van der Waals surface area contributed by atoms with Gasteiger partial charge in [0.2, 0.25) is 0 Å². The van der Waals surface area contributed by atoms with Crippen LogP contribution in [0.4, 0.5) is 5.69 Å². The van der Waals surface area contributed by atoms with Gasteiger partial charge in [0.1, 0.15) is 0 Å². The lowest BCUT2D eigenvalue weighted by Gasteiger charge is -2.07. The first-order chi connectivity index (χ1) is 6.59. The molecule has 1 heterocycles. The molecule has 2 rings (SSSR count). The van der Waals surface area contributed by atoms with E-state index in [4.69, 9.17) is 5.73 Å². The molecule has 2 N–H and O–H groups in total. The van der Waals surface area contributed by atoms with Crippen molar-refractivity contribution in [1.82, 2.24) is 4.98 Å². The molecule has 0 radical (unpaired) electrons. The van der Waals surface area contributed by atoms with Crippen LogP contribution >= 0.6 is 0 Å². The molecule has 0 aliphatic carbocycles.